The van der Waals surface area contributed by atoms with Gasteiger partial charge < -0.3 is 19.7 Å². The smallest absolute Gasteiger partial charge is 0.0778 e. The number of rotatable bonds is 5. The van der Waals surface area contributed by atoms with Crippen LogP contribution in [0.5, 0.6) is 0 Å². The van der Waals surface area contributed by atoms with E-state index in [0.717, 1.165) is 0 Å². The van der Waals surface area contributed by atoms with Gasteiger partial charge in [-0.1, -0.05) is 0 Å². The van der Waals surface area contributed by atoms with Crippen LogP contribution in [0.2, 0.25) is 0 Å². The third kappa shape index (κ3) is 3.92. The van der Waals surface area contributed by atoms with E-state index in [1.54, 1.807) is 0 Å². The topological polar surface area (TPSA) is 58.9 Å². The molecule has 2 N–H and O–H groups in total. The fourth-order valence-corrected chi connectivity index (χ4v) is 1.68. The largest absolute Gasteiger partial charge is 0.393 e. The fourth-order valence-electron chi connectivity index (χ4n) is 1.68. The van der Waals surface area contributed by atoms with Crippen molar-refractivity contribution in [2.24, 2.45) is 5.92 Å². The summed E-state index contributed by atoms with van der Waals surface area (Å²) in [6, 6.07) is 0. The molecule has 0 bridgehead atoms. The maximum absolute atomic E-state index is 9.61. The van der Waals surface area contributed by atoms with E-state index in [4.69, 9.17) is 9.47 Å². The van der Waals surface area contributed by atoms with Crippen molar-refractivity contribution in [3.05, 3.63) is 0 Å². The minimum atomic E-state index is -0.490. The van der Waals surface area contributed by atoms with Gasteiger partial charge in [0.25, 0.3) is 0 Å². The van der Waals surface area contributed by atoms with Crippen LogP contribution in [0.25, 0.3) is 0 Å². The average Bonchev–Trinajstić information content (AvgIpc) is 2.18. The van der Waals surface area contributed by atoms with Gasteiger partial charge in [0, 0.05) is 19.1 Å². The predicted molar refractivity (Wildman–Crippen MR) is 52.0 cm³/mol. The Morgan fingerprint density at radius 1 is 1.57 bits per heavy atom. The van der Waals surface area contributed by atoms with Crippen LogP contribution in [0, 0.1) is 5.92 Å². The maximum atomic E-state index is 9.61. The Kier molecular flexibility index (Phi) is 5.40. The summed E-state index contributed by atoms with van der Waals surface area (Å²) in [7, 11) is 0. The summed E-state index contributed by atoms with van der Waals surface area (Å²) in [5.41, 5.74) is 0. The molecule has 0 spiro atoms. The van der Waals surface area contributed by atoms with Gasteiger partial charge in [-0.05, 0) is 19.8 Å². The van der Waals surface area contributed by atoms with E-state index in [1.807, 2.05) is 6.92 Å². The van der Waals surface area contributed by atoms with E-state index in [9.17, 15) is 10.2 Å². The van der Waals surface area contributed by atoms with Crippen molar-refractivity contribution in [1.82, 2.24) is 0 Å². The van der Waals surface area contributed by atoms with Gasteiger partial charge in [0.1, 0.15) is 0 Å². The summed E-state index contributed by atoms with van der Waals surface area (Å²) >= 11 is 0. The summed E-state index contributed by atoms with van der Waals surface area (Å²) < 4.78 is 10.3. The van der Waals surface area contributed by atoms with Crippen molar-refractivity contribution < 1.29 is 19.7 Å². The third-order valence-electron chi connectivity index (χ3n) is 2.52. The van der Waals surface area contributed by atoms with Crippen LogP contribution in [-0.4, -0.2) is 48.8 Å². The molecule has 3 atom stereocenters. The van der Waals surface area contributed by atoms with Crippen LogP contribution in [0.1, 0.15) is 19.8 Å². The van der Waals surface area contributed by atoms with Gasteiger partial charge in [-0.25, -0.2) is 0 Å². The molecular weight excluding hydrogens is 184 g/mol. The van der Waals surface area contributed by atoms with Crippen molar-refractivity contribution in [1.29, 1.82) is 0 Å². The van der Waals surface area contributed by atoms with E-state index in [0.29, 0.717) is 39.3 Å². The Balaban J connectivity index is 2.20. The van der Waals surface area contributed by atoms with Crippen molar-refractivity contribution in [2.45, 2.75) is 32.0 Å². The molecule has 1 fully saturated rings. The lowest BCUT2D eigenvalue weighted by Gasteiger charge is -2.29. The summed E-state index contributed by atoms with van der Waals surface area (Å²) in [5, 5.41) is 19.2. The highest BCUT2D eigenvalue weighted by Gasteiger charge is 2.25. The number of aliphatic hydroxyl groups is 2. The first-order valence-electron chi connectivity index (χ1n) is 5.25. The van der Waals surface area contributed by atoms with E-state index in [-0.39, 0.29) is 12.0 Å². The standard InChI is InChI=1S/C10H20O4/c1-2-13-7-9(11)5-8-6-14-4-3-10(8)12/h8-12H,2-7H2,1H3. The summed E-state index contributed by atoms with van der Waals surface area (Å²) in [6.45, 7) is 4.02. The summed E-state index contributed by atoms with van der Waals surface area (Å²) in [6.07, 6.45) is 0.407. The molecule has 1 heterocycles. The number of aliphatic hydroxyl groups excluding tert-OH is 2. The van der Waals surface area contributed by atoms with Crippen molar-refractivity contribution in [3.63, 3.8) is 0 Å². The number of hydrogen-bond acceptors (Lipinski definition) is 4. The lowest BCUT2D eigenvalue weighted by Crippen LogP contribution is -2.35. The van der Waals surface area contributed by atoms with Gasteiger partial charge in [-0.2, -0.15) is 0 Å². The Morgan fingerprint density at radius 2 is 2.36 bits per heavy atom. The quantitative estimate of drug-likeness (QED) is 0.670. The lowest BCUT2D eigenvalue weighted by atomic mass is 9.93. The zero-order chi connectivity index (χ0) is 10.4. The molecule has 4 heteroatoms. The van der Waals surface area contributed by atoms with E-state index >= 15 is 0 Å². The second-order valence-electron chi connectivity index (χ2n) is 3.74. The van der Waals surface area contributed by atoms with Gasteiger partial charge in [-0.15, -0.1) is 0 Å². The molecule has 1 aliphatic rings. The zero-order valence-electron chi connectivity index (χ0n) is 8.69. The number of hydrogen-bond donors (Lipinski definition) is 2. The fraction of sp³-hybridized carbons (Fsp3) is 1.00. The van der Waals surface area contributed by atoms with Gasteiger partial charge in [0.2, 0.25) is 0 Å². The van der Waals surface area contributed by atoms with E-state index < -0.39 is 6.10 Å². The molecule has 0 aromatic heterocycles. The monoisotopic (exact) mass is 204 g/mol. The molecule has 14 heavy (non-hydrogen) atoms. The second-order valence-corrected chi connectivity index (χ2v) is 3.74. The molecule has 1 rings (SSSR count). The molecular formula is C10H20O4. The minimum absolute atomic E-state index is 0.0548. The van der Waals surface area contributed by atoms with Crippen LogP contribution >= 0.6 is 0 Å². The van der Waals surface area contributed by atoms with Gasteiger partial charge in [-0.3, -0.25) is 0 Å². The van der Waals surface area contributed by atoms with Crippen LogP contribution in [0.15, 0.2) is 0 Å². The summed E-state index contributed by atoms with van der Waals surface area (Å²) in [4.78, 5) is 0. The van der Waals surface area contributed by atoms with Gasteiger partial charge in [0.15, 0.2) is 0 Å². The molecule has 0 amide bonds. The molecule has 1 saturated heterocycles. The molecule has 0 saturated carbocycles. The van der Waals surface area contributed by atoms with Crippen LogP contribution < -0.4 is 0 Å². The van der Waals surface area contributed by atoms with Gasteiger partial charge in [0.05, 0.1) is 25.4 Å². The molecule has 3 unspecified atom stereocenters. The average molecular weight is 204 g/mol. The van der Waals surface area contributed by atoms with Crippen molar-refractivity contribution in [3.8, 4) is 0 Å². The first-order valence-corrected chi connectivity index (χ1v) is 5.25. The molecule has 0 radical (unpaired) electrons. The Bertz CT molecular complexity index is 151. The predicted octanol–water partition coefficient (Wildman–Crippen LogP) is 0.171. The lowest BCUT2D eigenvalue weighted by molar-refractivity contribution is -0.0609. The molecule has 0 aliphatic carbocycles. The SMILES string of the molecule is CCOCC(O)CC1COCCC1O. The highest BCUT2D eigenvalue weighted by molar-refractivity contribution is 4.75. The highest BCUT2D eigenvalue weighted by atomic mass is 16.5. The van der Waals surface area contributed by atoms with Crippen LogP contribution in [0.3, 0.4) is 0 Å². The minimum Gasteiger partial charge on any atom is -0.393 e. The second kappa shape index (κ2) is 6.35. The molecule has 84 valence electrons. The first-order chi connectivity index (χ1) is 6.74. The Labute approximate surface area is 84.8 Å². The van der Waals surface area contributed by atoms with Crippen molar-refractivity contribution in [2.75, 3.05) is 26.4 Å². The maximum Gasteiger partial charge on any atom is 0.0778 e. The van der Waals surface area contributed by atoms with Crippen molar-refractivity contribution >= 4 is 0 Å². The molecule has 0 aromatic rings. The zero-order valence-corrected chi connectivity index (χ0v) is 8.69. The van der Waals surface area contributed by atoms with E-state index in [1.165, 1.54) is 0 Å². The van der Waals surface area contributed by atoms with Crippen LogP contribution in [-0.2, 0) is 9.47 Å². The van der Waals surface area contributed by atoms with Gasteiger partial charge >= 0.3 is 0 Å². The highest BCUT2D eigenvalue weighted by Crippen LogP contribution is 2.19. The summed E-state index contributed by atoms with van der Waals surface area (Å²) in [5.74, 6) is 0.0548. The molecule has 4 nitrogen and oxygen atoms in total. The third-order valence-corrected chi connectivity index (χ3v) is 2.52. The molecule has 1 aliphatic heterocycles. The Morgan fingerprint density at radius 3 is 3.00 bits per heavy atom. The number of ether oxygens (including phenoxy) is 2. The Hall–Kier alpha value is -0.160. The van der Waals surface area contributed by atoms with Crippen LogP contribution in [0.4, 0.5) is 0 Å². The van der Waals surface area contributed by atoms with E-state index in [2.05, 4.69) is 0 Å². The first kappa shape index (κ1) is 11.9. The normalized spacial score (nSPS) is 30.2. The molecule has 0 aromatic carbocycles.